The van der Waals surface area contributed by atoms with Gasteiger partial charge in [-0.25, -0.2) is 8.78 Å². The van der Waals surface area contributed by atoms with Gasteiger partial charge in [0.15, 0.2) is 5.69 Å². The first-order chi connectivity index (χ1) is 10.9. The van der Waals surface area contributed by atoms with Gasteiger partial charge in [0.1, 0.15) is 12.4 Å². The Hall–Kier alpha value is -1.42. The fraction of sp³-hybridized carbons (Fsp3) is 0.643. The van der Waals surface area contributed by atoms with Crippen molar-refractivity contribution < 1.29 is 31.3 Å². The Balaban J connectivity index is 2.34. The Morgan fingerprint density at radius 2 is 1.79 bits per heavy atom. The van der Waals surface area contributed by atoms with Crippen LogP contribution >= 0.6 is 0 Å². The number of halogens is 5. The first-order valence-corrected chi connectivity index (χ1v) is 7.31. The van der Waals surface area contributed by atoms with Crippen molar-refractivity contribution in [1.29, 1.82) is 0 Å². The Labute approximate surface area is 136 Å². The highest BCUT2D eigenvalue weighted by molar-refractivity contribution is 6.54. The van der Waals surface area contributed by atoms with Gasteiger partial charge in [-0.15, -0.1) is 0 Å². The van der Waals surface area contributed by atoms with E-state index in [9.17, 15) is 22.0 Å². The van der Waals surface area contributed by atoms with E-state index in [-0.39, 0.29) is 6.54 Å². The van der Waals surface area contributed by atoms with Gasteiger partial charge >= 0.3 is 13.3 Å². The summed E-state index contributed by atoms with van der Waals surface area (Å²) in [6, 6.07) is 0. The van der Waals surface area contributed by atoms with Crippen LogP contribution in [0.5, 0.6) is 0 Å². The third-order valence-corrected chi connectivity index (χ3v) is 4.14. The number of hydrogen-bond donors (Lipinski definition) is 0. The summed E-state index contributed by atoms with van der Waals surface area (Å²) in [7, 11) is -1.42. The summed E-state index contributed by atoms with van der Waals surface area (Å²) in [5.41, 5.74) is -4.47. The summed E-state index contributed by atoms with van der Waals surface area (Å²) in [6.45, 7) is 5.54. The third-order valence-electron chi connectivity index (χ3n) is 4.14. The minimum Gasteiger partial charge on any atom is -0.398 e. The highest BCUT2D eigenvalue weighted by Gasteiger charge is 2.53. The molecule has 0 aromatic carbocycles. The molecule has 4 nitrogen and oxygen atoms in total. The molecular weight excluding hydrogens is 334 g/mol. The highest BCUT2D eigenvalue weighted by Crippen LogP contribution is 2.39. The maximum Gasteiger partial charge on any atom is 0.525 e. The van der Waals surface area contributed by atoms with E-state index in [1.807, 2.05) is 0 Å². The van der Waals surface area contributed by atoms with E-state index >= 15 is 0 Å². The van der Waals surface area contributed by atoms with Crippen LogP contribution in [-0.4, -0.2) is 34.8 Å². The zero-order chi connectivity index (χ0) is 18.3. The van der Waals surface area contributed by atoms with Crippen molar-refractivity contribution in [3.05, 3.63) is 23.2 Å². The lowest BCUT2D eigenvalue weighted by molar-refractivity contribution is -0.141. The van der Waals surface area contributed by atoms with Crippen LogP contribution in [-0.2, 0) is 22.0 Å². The van der Waals surface area contributed by atoms with Gasteiger partial charge in [-0.3, -0.25) is 4.68 Å². The average Bonchev–Trinajstić information content (AvgIpc) is 2.89. The van der Waals surface area contributed by atoms with Crippen LogP contribution in [0.2, 0.25) is 0 Å². The minimum absolute atomic E-state index is 0.352. The topological polar surface area (TPSA) is 36.3 Å². The van der Waals surface area contributed by atoms with Crippen molar-refractivity contribution in [2.24, 2.45) is 0 Å². The molecule has 0 aliphatic carbocycles. The van der Waals surface area contributed by atoms with Gasteiger partial charge in [0, 0.05) is 11.8 Å². The zero-order valence-corrected chi connectivity index (χ0v) is 13.7. The SMILES string of the molecule is CC1(C)OB(C(F)=Cc2cn(CCF)nc2C(F)(F)F)OC1(C)C. The van der Waals surface area contributed by atoms with E-state index in [1.54, 1.807) is 27.7 Å². The van der Waals surface area contributed by atoms with Gasteiger partial charge in [0.05, 0.1) is 17.7 Å². The normalized spacial score (nSPS) is 20.7. The second-order valence-electron chi connectivity index (χ2n) is 6.50. The Bertz CT molecular complexity index is 624. The summed E-state index contributed by atoms with van der Waals surface area (Å²) < 4.78 is 77.3. The van der Waals surface area contributed by atoms with Gasteiger partial charge in [-0.1, -0.05) is 0 Å². The van der Waals surface area contributed by atoms with E-state index in [2.05, 4.69) is 5.10 Å². The van der Waals surface area contributed by atoms with E-state index in [0.29, 0.717) is 6.08 Å². The number of aryl methyl sites for hydroxylation is 1. The molecule has 1 saturated heterocycles. The van der Waals surface area contributed by atoms with Crippen LogP contribution in [0.1, 0.15) is 39.0 Å². The minimum atomic E-state index is -4.79. The number of rotatable bonds is 4. The highest BCUT2D eigenvalue weighted by atomic mass is 19.4. The maximum absolute atomic E-state index is 14.4. The summed E-state index contributed by atoms with van der Waals surface area (Å²) in [5, 5.41) is 3.27. The first-order valence-electron chi connectivity index (χ1n) is 7.31. The van der Waals surface area contributed by atoms with Crippen LogP contribution in [0, 0.1) is 0 Å². The van der Waals surface area contributed by atoms with E-state index in [0.717, 1.165) is 10.9 Å². The van der Waals surface area contributed by atoms with Crippen molar-refractivity contribution in [1.82, 2.24) is 9.78 Å². The summed E-state index contributed by atoms with van der Waals surface area (Å²) >= 11 is 0. The number of aromatic nitrogens is 2. The summed E-state index contributed by atoms with van der Waals surface area (Å²) in [4.78, 5) is 0. The standard InChI is InChI=1S/C14H18BF5N2O2/c1-12(2)13(3,4)24-15(23-12)10(17)7-9-8-22(6-5-16)21-11(9)14(18,19)20/h7-8H,5-6H2,1-4H3. The molecule has 0 radical (unpaired) electrons. The molecule has 2 heterocycles. The lowest BCUT2D eigenvalue weighted by atomic mass is 9.87. The molecule has 0 bridgehead atoms. The quantitative estimate of drug-likeness (QED) is 0.611. The molecule has 134 valence electrons. The number of hydrogen-bond acceptors (Lipinski definition) is 3. The molecule has 10 heteroatoms. The molecule has 1 aromatic heterocycles. The molecule has 1 fully saturated rings. The molecule has 0 saturated carbocycles. The molecule has 1 aliphatic heterocycles. The van der Waals surface area contributed by atoms with Crippen LogP contribution in [0.3, 0.4) is 0 Å². The zero-order valence-electron chi connectivity index (χ0n) is 13.7. The summed E-state index contributed by atoms with van der Waals surface area (Å²) in [5.74, 6) is 0. The maximum atomic E-state index is 14.4. The molecular formula is C14H18BF5N2O2. The first kappa shape index (κ1) is 18.9. The molecule has 0 atom stereocenters. The van der Waals surface area contributed by atoms with Crippen LogP contribution in [0.15, 0.2) is 11.9 Å². The molecule has 1 aliphatic rings. The Morgan fingerprint density at radius 3 is 2.25 bits per heavy atom. The molecule has 1 aromatic rings. The largest absolute Gasteiger partial charge is 0.525 e. The smallest absolute Gasteiger partial charge is 0.398 e. The van der Waals surface area contributed by atoms with Gasteiger partial charge in [-0.05, 0) is 33.8 Å². The predicted molar refractivity (Wildman–Crippen MR) is 78.4 cm³/mol. The van der Waals surface area contributed by atoms with Crippen LogP contribution < -0.4 is 0 Å². The van der Waals surface area contributed by atoms with Gasteiger partial charge in [0.2, 0.25) is 0 Å². The van der Waals surface area contributed by atoms with E-state index in [1.165, 1.54) is 0 Å². The third kappa shape index (κ3) is 3.64. The van der Waals surface area contributed by atoms with Gasteiger partial charge < -0.3 is 9.31 Å². The van der Waals surface area contributed by atoms with Gasteiger partial charge in [0.25, 0.3) is 0 Å². The molecule has 0 N–H and O–H groups in total. The van der Waals surface area contributed by atoms with E-state index in [4.69, 9.17) is 9.31 Å². The second kappa shape index (κ2) is 6.14. The Kier molecular flexibility index (Phi) is 4.84. The van der Waals surface area contributed by atoms with Crippen LogP contribution in [0.25, 0.3) is 6.08 Å². The Morgan fingerprint density at radius 1 is 1.25 bits per heavy atom. The van der Waals surface area contributed by atoms with Gasteiger partial charge in [-0.2, -0.15) is 18.3 Å². The van der Waals surface area contributed by atoms with Crippen LogP contribution in [0.4, 0.5) is 22.0 Å². The van der Waals surface area contributed by atoms with Crippen molar-refractivity contribution in [2.75, 3.05) is 6.67 Å². The van der Waals surface area contributed by atoms with Crippen molar-refractivity contribution >= 4 is 13.2 Å². The molecule has 24 heavy (non-hydrogen) atoms. The number of nitrogens with zero attached hydrogens (tertiary/aromatic N) is 2. The fourth-order valence-electron chi connectivity index (χ4n) is 2.14. The molecule has 2 rings (SSSR count). The monoisotopic (exact) mass is 352 g/mol. The predicted octanol–water partition coefficient (Wildman–Crippen LogP) is 3.81. The lowest BCUT2D eigenvalue weighted by Gasteiger charge is -2.32. The lowest BCUT2D eigenvalue weighted by Crippen LogP contribution is -2.41. The summed E-state index contributed by atoms with van der Waals surface area (Å²) in [6.07, 6.45) is -3.19. The molecule has 0 spiro atoms. The van der Waals surface area contributed by atoms with Crippen molar-refractivity contribution in [3.8, 4) is 0 Å². The fourth-order valence-corrected chi connectivity index (χ4v) is 2.14. The van der Waals surface area contributed by atoms with E-state index < -0.39 is 48.2 Å². The van der Waals surface area contributed by atoms with Crippen molar-refractivity contribution in [2.45, 2.75) is 51.6 Å². The average molecular weight is 352 g/mol. The molecule has 0 amide bonds. The molecule has 0 unspecified atom stereocenters. The number of alkyl halides is 4. The second-order valence-corrected chi connectivity index (χ2v) is 6.50. The van der Waals surface area contributed by atoms with Crippen molar-refractivity contribution in [3.63, 3.8) is 0 Å².